The van der Waals surface area contributed by atoms with Crippen LogP contribution < -0.4 is 10.2 Å². The van der Waals surface area contributed by atoms with Crippen molar-refractivity contribution in [3.8, 4) is 0 Å². The van der Waals surface area contributed by atoms with E-state index >= 15 is 0 Å². The first-order valence-corrected chi connectivity index (χ1v) is 11.1. The summed E-state index contributed by atoms with van der Waals surface area (Å²) in [5, 5.41) is 3.06. The maximum atomic E-state index is 13.9. The average Bonchev–Trinajstić information content (AvgIpc) is 3.17. The molecule has 0 aliphatic carbocycles. The minimum atomic E-state index is -0.521. The Bertz CT molecular complexity index is 1050. The Balaban J connectivity index is 1.32. The van der Waals surface area contributed by atoms with Crippen LogP contribution in [0.2, 0.25) is 0 Å². The molecule has 1 atom stereocenters. The number of anilines is 1. The highest BCUT2D eigenvalue weighted by atomic mass is 19.1. The van der Waals surface area contributed by atoms with Crippen molar-refractivity contribution < 1.29 is 18.8 Å². The zero-order valence-electron chi connectivity index (χ0n) is 18.4. The molecule has 7 heteroatoms. The first kappa shape index (κ1) is 22.0. The van der Waals surface area contributed by atoms with Gasteiger partial charge in [0.25, 0.3) is 5.91 Å². The largest absolute Gasteiger partial charge is 0.353 e. The number of aryl methyl sites for hydroxylation is 1. The zero-order chi connectivity index (χ0) is 22.8. The van der Waals surface area contributed by atoms with Gasteiger partial charge in [0.2, 0.25) is 11.8 Å². The Hall–Kier alpha value is -3.22. The lowest BCUT2D eigenvalue weighted by molar-refractivity contribution is -0.127. The Morgan fingerprint density at radius 1 is 1.03 bits per heavy atom. The molecule has 32 heavy (non-hydrogen) atoms. The predicted molar refractivity (Wildman–Crippen MR) is 120 cm³/mol. The molecule has 0 saturated carbocycles. The normalized spacial score (nSPS) is 19.3. The van der Waals surface area contributed by atoms with Crippen LogP contribution in [0, 0.1) is 25.6 Å². The summed E-state index contributed by atoms with van der Waals surface area (Å²) in [6, 6.07) is 11.8. The number of amides is 3. The molecule has 2 aliphatic heterocycles. The Morgan fingerprint density at radius 3 is 2.47 bits per heavy atom. The van der Waals surface area contributed by atoms with E-state index in [1.807, 2.05) is 32.0 Å². The molecule has 1 N–H and O–H groups in total. The van der Waals surface area contributed by atoms with Gasteiger partial charge in [-0.3, -0.25) is 14.4 Å². The number of hydrogen-bond donors (Lipinski definition) is 1. The number of carbonyl (C=O) groups excluding carboxylic acids is 3. The zero-order valence-corrected chi connectivity index (χ0v) is 18.4. The van der Waals surface area contributed by atoms with Gasteiger partial charge in [-0.1, -0.05) is 24.3 Å². The fraction of sp³-hybridized carbons (Fsp3) is 0.400. The minimum Gasteiger partial charge on any atom is -0.353 e. The highest BCUT2D eigenvalue weighted by molar-refractivity contribution is 6.01. The predicted octanol–water partition coefficient (Wildman–Crippen LogP) is 3.22. The lowest BCUT2D eigenvalue weighted by Crippen LogP contribution is -2.48. The van der Waals surface area contributed by atoms with Gasteiger partial charge < -0.3 is 15.1 Å². The molecule has 2 saturated heterocycles. The highest BCUT2D eigenvalue weighted by Gasteiger charge is 2.37. The molecule has 4 rings (SSSR count). The number of rotatable bonds is 4. The molecule has 2 aliphatic rings. The Labute approximate surface area is 187 Å². The summed E-state index contributed by atoms with van der Waals surface area (Å²) in [5.74, 6) is -1.39. The van der Waals surface area contributed by atoms with Gasteiger partial charge in [0.15, 0.2) is 0 Å². The third kappa shape index (κ3) is 4.38. The number of carbonyl (C=O) groups is 3. The molecule has 2 fully saturated rings. The standard InChI is InChI=1S/C25H28FN3O3/c1-16-6-5-9-22(17(16)2)29-15-18(14-23(29)30)24(31)27-19-10-12-28(13-11-19)25(32)20-7-3-4-8-21(20)26/h3-9,18-19H,10-15H2,1-2H3,(H,27,31). The number of hydrogen-bond acceptors (Lipinski definition) is 3. The van der Waals surface area contributed by atoms with E-state index in [2.05, 4.69) is 5.32 Å². The van der Waals surface area contributed by atoms with Crippen LogP contribution in [0.15, 0.2) is 42.5 Å². The topological polar surface area (TPSA) is 69.7 Å². The summed E-state index contributed by atoms with van der Waals surface area (Å²) in [4.78, 5) is 41.4. The molecular weight excluding hydrogens is 409 g/mol. The number of piperidine rings is 1. The molecule has 6 nitrogen and oxygen atoms in total. The summed E-state index contributed by atoms with van der Waals surface area (Å²) >= 11 is 0. The van der Waals surface area contributed by atoms with E-state index in [0.29, 0.717) is 32.5 Å². The van der Waals surface area contributed by atoms with Crippen LogP contribution in [0.5, 0.6) is 0 Å². The minimum absolute atomic E-state index is 0.0378. The molecule has 2 heterocycles. The van der Waals surface area contributed by atoms with Gasteiger partial charge in [0.1, 0.15) is 5.82 Å². The monoisotopic (exact) mass is 437 g/mol. The van der Waals surface area contributed by atoms with Crippen molar-refractivity contribution in [2.75, 3.05) is 24.5 Å². The fourth-order valence-corrected chi connectivity index (χ4v) is 4.49. The number of benzene rings is 2. The van der Waals surface area contributed by atoms with Crippen molar-refractivity contribution in [2.45, 2.75) is 39.2 Å². The number of halogens is 1. The van der Waals surface area contributed by atoms with E-state index in [1.54, 1.807) is 21.9 Å². The van der Waals surface area contributed by atoms with Crippen LogP contribution in [-0.2, 0) is 9.59 Å². The van der Waals surface area contributed by atoms with Crippen LogP contribution in [0.25, 0.3) is 0 Å². The second-order valence-electron chi connectivity index (χ2n) is 8.68. The van der Waals surface area contributed by atoms with Crippen LogP contribution in [-0.4, -0.2) is 48.3 Å². The summed E-state index contributed by atoms with van der Waals surface area (Å²) in [7, 11) is 0. The van der Waals surface area contributed by atoms with E-state index in [9.17, 15) is 18.8 Å². The molecule has 2 aromatic rings. The van der Waals surface area contributed by atoms with Crippen molar-refractivity contribution >= 4 is 23.4 Å². The Morgan fingerprint density at radius 2 is 1.75 bits per heavy atom. The maximum Gasteiger partial charge on any atom is 0.256 e. The number of nitrogens with zero attached hydrogens (tertiary/aromatic N) is 2. The second kappa shape index (κ2) is 9.10. The van der Waals surface area contributed by atoms with Gasteiger partial charge in [-0.25, -0.2) is 4.39 Å². The van der Waals surface area contributed by atoms with Crippen molar-refractivity contribution in [3.63, 3.8) is 0 Å². The second-order valence-corrected chi connectivity index (χ2v) is 8.68. The molecule has 0 aromatic heterocycles. The lowest BCUT2D eigenvalue weighted by Gasteiger charge is -2.33. The molecule has 1 unspecified atom stereocenters. The van der Waals surface area contributed by atoms with Crippen molar-refractivity contribution in [3.05, 3.63) is 65.0 Å². The van der Waals surface area contributed by atoms with Crippen molar-refractivity contribution in [1.82, 2.24) is 10.2 Å². The van der Waals surface area contributed by atoms with Gasteiger partial charge in [-0.2, -0.15) is 0 Å². The van der Waals surface area contributed by atoms with Crippen molar-refractivity contribution in [1.29, 1.82) is 0 Å². The molecule has 168 valence electrons. The van der Waals surface area contributed by atoms with Gasteiger partial charge in [0, 0.05) is 37.8 Å². The van der Waals surface area contributed by atoms with E-state index in [4.69, 9.17) is 0 Å². The molecular formula is C25H28FN3O3. The smallest absolute Gasteiger partial charge is 0.256 e. The molecule has 2 aromatic carbocycles. The van der Waals surface area contributed by atoms with Crippen LogP contribution >= 0.6 is 0 Å². The first-order valence-electron chi connectivity index (χ1n) is 11.1. The average molecular weight is 438 g/mol. The van der Waals surface area contributed by atoms with Crippen LogP contribution in [0.3, 0.4) is 0 Å². The third-order valence-electron chi connectivity index (χ3n) is 6.60. The fourth-order valence-electron chi connectivity index (χ4n) is 4.49. The van der Waals surface area contributed by atoms with E-state index in [-0.39, 0.29) is 41.7 Å². The number of likely N-dealkylation sites (tertiary alicyclic amines) is 1. The van der Waals surface area contributed by atoms with Crippen molar-refractivity contribution in [2.24, 2.45) is 5.92 Å². The van der Waals surface area contributed by atoms with Gasteiger partial charge in [-0.15, -0.1) is 0 Å². The molecule has 0 spiro atoms. The van der Waals surface area contributed by atoms with Gasteiger partial charge in [-0.05, 0) is 56.0 Å². The summed E-state index contributed by atoms with van der Waals surface area (Å²) in [6.07, 6.45) is 1.41. The van der Waals surface area contributed by atoms with Gasteiger partial charge >= 0.3 is 0 Å². The Kier molecular flexibility index (Phi) is 6.26. The highest BCUT2D eigenvalue weighted by Crippen LogP contribution is 2.29. The van der Waals surface area contributed by atoms with Crippen LogP contribution in [0.4, 0.5) is 10.1 Å². The van der Waals surface area contributed by atoms with Crippen LogP contribution in [0.1, 0.15) is 40.7 Å². The summed E-state index contributed by atoms with van der Waals surface area (Å²) in [6.45, 7) is 5.28. The van der Waals surface area contributed by atoms with E-state index < -0.39 is 5.82 Å². The SMILES string of the molecule is Cc1cccc(N2CC(C(=O)NC3CCN(C(=O)c4ccccc4F)CC3)CC2=O)c1C. The first-order chi connectivity index (χ1) is 15.3. The quantitative estimate of drug-likeness (QED) is 0.799. The van der Waals surface area contributed by atoms with E-state index in [0.717, 1.165) is 16.8 Å². The summed E-state index contributed by atoms with van der Waals surface area (Å²) in [5.41, 5.74) is 3.10. The molecule has 3 amide bonds. The molecule has 0 bridgehead atoms. The molecule has 0 radical (unpaired) electrons. The van der Waals surface area contributed by atoms with E-state index in [1.165, 1.54) is 12.1 Å². The van der Waals surface area contributed by atoms with Gasteiger partial charge in [0.05, 0.1) is 11.5 Å². The lowest BCUT2D eigenvalue weighted by atomic mass is 10.0. The maximum absolute atomic E-state index is 13.9. The number of nitrogens with one attached hydrogen (secondary N) is 1. The third-order valence-corrected chi connectivity index (χ3v) is 6.60. The summed E-state index contributed by atoms with van der Waals surface area (Å²) < 4.78 is 13.9.